The van der Waals surface area contributed by atoms with Gasteiger partial charge in [0.25, 0.3) is 0 Å². The summed E-state index contributed by atoms with van der Waals surface area (Å²) in [5.74, 6) is 2.03. The number of aryl methyl sites for hydroxylation is 2. The first-order valence-corrected chi connectivity index (χ1v) is 12.7. The molecule has 5 rings (SSSR count). The molecule has 1 saturated heterocycles. The van der Waals surface area contributed by atoms with E-state index in [0.29, 0.717) is 0 Å². The highest BCUT2D eigenvalue weighted by atomic mass is 32.2. The van der Waals surface area contributed by atoms with E-state index in [-0.39, 0.29) is 0 Å². The lowest BCUT2D eigenvalue weighted by Crippen LogP contribution is -2.36. The van der Waals surface area contributed by atoms with E-state index in [2.05, 4.69) is 47.4 Å². The quantitative estimate of drug-likeness (QED) is 0.530. The number of hydrogen-bond donors (Lipinski definition) is 0. The average Bonchev–Trinajstić information content (AvgIpc) is 3.35. The van der Waals surface area contributed by atoms with Gasteiger partial charge in [-0.25, -0.2) is 9.97 Å². The van der Waals surface area contributed by atoms with Crippen LogP contribution in [-0.4, -0.2) is 54.5 Å². The standard InChI is InChI=1S/C23H28N4OS2/c1-26(14-16-6-8-17(29-2)9-7-16)22-21-18-4-3-5-19(18)30-23(21)25-20(24-22)15-27-10-12-28-13-11-27/h6-9H,3-5,10-15H2,1-2H3. The van der Waals surface area contributed by atoms with Gasteiger partial charge in [0.15, 0.2) is 0 Å². The fourth-order valence-corrected chi connectivity index (χ4v) is 6.09. The van der Waals surface area contributed by atoms with E-state index in [1.807, 2.05) is 11.3 Å². The summed E-state index contributed by atoms with van der Waals surface area (Å²) in [6, 6.07) is 8.87. The predicted molar refractivity (Wildman–Crippen MR) is 126 cm³/mol. The third-order valence-electron chi connectivity index (χ3n) is 6.00. The summed E-state index contributed by atoms with van der Waals surface area (Å²) in [7, 11) is 2.17. The van der Waals surface area contributed by atoms with Crippen molar-refractivity contribution in [3.63, 3.8) is 0 Å². The highest BCUT2D eigenvalue weighted by Crippen LogP contribution is 2.40. The summed E-state index contributed by atoms with van der Waals surface area (Å²) in [6.45, 7) is 5.15. The van der Waals surface area contributed by atoms with Crippen LogP contribution in [-0.2, 0) is 30.7 Å². The second kappa shape index (κ2) is 8.83. The summed E-state index contributed by atoms with van der Waals surface area (Å²) < 4.78 is 5.50. The Bertz CT molecular complexity index is 1030. The van der Waals surface area contributed by atoms with E-state index in [1.165, 1.54) is 39.1 Å². The normalized spacial score (nSPS) is 16.9. The highest BCUT2D eigenvalue weighted by molar-refractivity contribution is 7.98. The van der Waals surface area contributed by atoms with Crippen LogP contribution in [0.25, 0.3) is 10.2 Å². The Labute approximate surface area is 186 Å². The second-order valence-electron chi connectivity index (χ2n) is 8.09. The molecule has 0 atom stereocenters. The Morgan fingerprint density at radius 1 is 1.13 bits per heavy atom. The molecule has 1 aliphatic heterocycles. The van der Waals surface area contributed by atoms with Gasteiger partial charge in [-0.2, -0.15) is 0 Å². The van der Waals surface area contributed by atoms with E-state index < -0.39 is 0 Å². The van der Waals surface area contributed by atoms with Gasteiger partial charge >= 0.3 is 0 Å². The summed E-state index contributed by atoms with van der Waals surface area (Å²) in [6.07, 6.45) is 5.72. The lowest BCUT2D eigenvalue weighted by atomic mass is 10.1. The van der Waals surface area contributed by atoms with Crippen LogP contribution in [0.1, 0.15) is 28.2 Å². The maximum Gasteiger partial charge on any atom is 0.146 e. The third kappa shape index (κ3) is 4.08. The lowest BCUT2D eigenvalue weighted by molar-refractivity contribution is 0.0331. The van der Waals surface area contributed by atoms with Crippen molar-refractivity contribution in [1.82, 2.24) is 14.9 Å². The van der Waals surface area contributed by atoms with Crippen molar-refractivity contribution in [2.45, 2.75) is 37.2 Å². The Morgan fingerprint density at radius 2 is 1.93 bits per heavy atom. The summed E-state index contributed by atoms with van der Waals surface area (Å²) in [5, 5.41) is 1.29. The van der Waals surface area contributed by atoms with E-state index in [1.54, 1.807) is 11.8 Å². The van der Waals surface area contributed by atoms with Gasteiger partial charge in [0.1, 0.15) is 16.5 Å². The molecule has 30 heavy (non-hydrogen) atoms. The molecule has 158 valence electrons. The number of aromatic nitrogens is 2. The Hall–Kier alpha value is -1.67. The number of morpholine rings is 1. The van der Waals surface area contributed by atoms with Gasteiger partial charge in [0.05, 0.1) is 25.1 Å². The second-order valence-corrected chi connectivity index (χ2v) is 10.1. The van der Waals surface area contributed by atoms with Crippen molar-refractivity contribution in [3.8, 4) is 0 Å². The molecule has 2 aliphatic rings. The average molecular weight is 441 g/mol. The molecule has 0 spiro atoms. The first kappa shape index (κ1) is 20.2. The van der Waals surface area contributed by atoms with Crippen molar-refractivity contribution >= 4 is 39.1 Å². The zero-order chi connectivity index (χ0) is 20.5. The lowest BCUT2D eigenvalue weighted by Gasteiger charge is -2.26. The van der Waals surface area contributed by atoms with Crippen molar-refractivity contribution in [1.29, 1.82) is 0 Å². The van der Waals surface area contributed by atoms with Gasteiger partial charge in [0.2, 0.25) is 0 Å². The van der Waals surface area contributed by atoms with Crippen molar-refractivity contribution in [3.05, 3.63) is 46.1 Å². The topological polar surface area (TPSA) is 41.5 Å². The van der Waals surface area contributed by atoms with Gasteiger partial charge in [-0.05, 0) is 48.8 Å². The number of rotatable bonds is 6. The molecule has 0 unspecified atom stereocenters. The van der Waals surface area contributed by atoms with Crippen LogP contribution >= 0.6 is 23.1 Å². The number of hydrogen-bond acceptors (Lipinski definition) is 7. The van der Waals surface area contributed by atoms with E-state index in [9.17, 15) is 0 Å². The van der Waals surface area contributed by atoms with E-state index in [4.69, 9.17) is 14.7 Å². The number of thioether (sulfide) groups is 1. The highest BCUT2D eigenvalue weighted by Gasteiger charge is 2.24. The number of nitrogens with zero attached hydrogens (tertiary/aromatic N) is 4. The predicted octanol–water partition coefficient (Wildman–Crippen LogP) is 4.37. The summed E-state index contributed by atoms with van der Waals surface area (Å²) in [5.41, 5.74) is 2.80. The van der Waals surface area contributed by atoms with E-state index >= 15 is 0 Å². The minimum atomic E-state index is 0.797. The third-order valence-corrected chi connectivity index (χ3v) is 7.93. The van der Waals surface area contributed by atoms with Crippen LogP contribution in [0.4, 0.5) is 5.82 Å². The molecule has 2 aromatic heterocycles. The maximum atomic E-state index is 5.50. The summed E-state index contributed by atoms with van der Waals surface area (Å²) in [4.78, 5) is 18.8. The van der Waals surface area contributed by atoms with Crippen LogP contribution in [0.2, 0.25) is 0 Å². The molecule has 0 N–H and O–H groups in total. The molecule has 5 nitrogen and oxygen atoms in total. The van der Waals surface area contributed by atoms with Crippen LogP contribution in [0.3, 0.4) is 0 Å². The fourth-order valence-electron chi connectivity index (χ4n) is 4.41. The number of benzene rings is 1. The Kier molecular flexibility index (Phi) is 5.96. The van der Waals surface area contributed by atoms with Crippen LogP contribution in [0.15, 0.2) is 29.2 Å². The first-order valence-electron chi connectivity index (χ1n) is 10.7. The van der Waals surface area contributed by atoms with E-state index in [0.717, 1.165) is 62.3 Å². The minimum Gasteiger partial charge on any atom is -0.379 e. The number of fused-ring (bicyclic) bond motifs is 3. The monoisotopic (exact) mass is 440 g/mol. The fraction of sp³-hybridized carbons (Fsp3) is 0.478. The largest absolute Gasteiger partial charge is 0.379 e. The first-order chi connectivity index (χ1) is 14.7. The minimum absolute atomic E-state index is 0.797. The number of anilines is 1. The van der Waals surface area contributed by atoms with Crippen molar-refractivity contribution in [2.24, 2.45) is 0 Å². The summed E-state index contributed by atoms with van der Waals surface area (Å²) >= 11 is 3.66. The van der Waals surface area contributed by atoms with Gasteiger partial charge in [-0.3, -0.25) is 4.90 Å². The molecule has 1 fully saturated rings. The molecule has 1 aromatic carbocycles. The van der Waals surface area contributed by atoms with Gasteiger partial charge in [-0.15, -0.1) is 23.1 Å². The van der Waals surface area contributed by atoms with Crippen molar-refractivity contribution in [2.75, 3.05) is 44.5 Å². The molecule has 1 aliphatic carbocycles. The molecule has 3 heterocycles. The van der Waals surface area contributed by atoms with Crippen LogP contribution < -0.4 is 4.90 Å². The Balaban J connectivity index is 1.48. The maximum absolute atomic E-state index is 5.50. The van der Waals surface area contributed by atoms with Crippen molar-refractivity contribution < 1.29 is 4.74 Å². The van der Waals surface area contributed by atoms with Gasteiger partial charge in [-0.1, -0.05) is 12.1 Å². The molecule has 3 aromatic rings. The molecule has 0 bridgehead atoms. The molecular formula is C23H28N4OS2. The molecule has 0 radical (unpaired) electrons. The number of ether oxygens (including phenoxy) is 1. The van der Waals surface area contributed by atoms with Gasteiger partial charge < -0.3 is 9.64 Å². The molecular weight excluding hydrogens is 412 g/mol. The Morgan fingerprint density at radius 3 is 2.70 bits per heavy atom. The van der Waals surface area contributed by atoms with Crippen LogP contribution in [0, 0.1) is 0 Å². The molecule has 7 heteroatoms. The van der Waals surface area contributed by atoms with Gasteiger partial charge in [0, 0.05) is 36.5 Å². The zero-order valence-electron chi connectivity index (χ0n) is 17.7. The zero-order valence-corrected chi connectivity index (χ0v) is 19.3. The number of thiophene rings is 1. The molecule has 0 amide bonds. The smallest absolute Gasteiger partial charge is 0.146 e. The SMILES string of the molecule is CSc1ccc(CN(C)c2nc(CN3CCOCC3)nc3sc4c(c23)CCC4)cc1. The van der Waals surface area contributed by atoms with Crippen LogP contribution in [0.5, 0.6) is 0 Å². The molecule has 0 saturated carbocycles.